The van der Waals surface area contributed by atoms with Crippen molar-refractivity contribution in [1.29, 1.82) is 0 Å². The zero-order valence-electron chi connectivity index (χ0n) is 42.4. The maximum atomic E-state index is 13.7. The van der Waals surface area contributed by atoms with Crippen molar-refractivity contribution in [2.75, 3.05) is 13.1 Å². The molecule has 2 bridgehead atoms. The van der Waals surface area contributed by atoms with Gasteiger partial charge in [0.2, 0.25) is 5.91 Å². The predicted octanol–water partition coefficient (Wildman–Crippen LogP) is 2.19. The summed E-state index contributed by atoms with van der Waals surface area (Å²) < 4.78 is 24.1. The van der Waals surface area contributed by atoms with Crippen molar-refractivity contribution in [1.82, 2.24) is 10.6 Å². The first-order valence-electron chi connectivity index (χ1n) is 25.4. The molecule has 3 aliphatic heterocycles. The van der Waals surface area contributed by atoms with E-state index < -0.39 is 147 Å². The number of aliphatic hydroxyl groups is 10. The third-order valence-electron chi connectivity index (χ3n) is 13.2. The normalized spacial score (nSPS) is 39.5. The number of allylic oxidation sites excluding steroid dienone is 12. The van der Waals surface area contributed by atoms with Crippen LogP contribution in [0.4, 0.5) is 0 Å². The maximum absolute atomic E-state index is 13.7. The predicted molar refractivity (Wildman–Crippen MR) is 267 cm³/mol. The lowest BCUT2D eigenvalue weighted by atomic mass is 9.82. The quantitative estimate of drug-likeness (QED) is 0.155. The first-order chi connectivity index (χ1) is 33.7. The SMILES string of the molecule is CCCNC(=O)[C@H]1[C@@H]2C[C@@H](O[C@@H]3O[C@H](C)[C@@H](O)[C@H](NCCC)[C@@H]3O)C=CC=CC=CC=CC=CC=CC=C[C@H](C)[C@@H](O)[C@@H](C)[C@H](C)OC(=O)C[C@H](O)C[C@H](O)CC[C@@H](O)[C@H](O)C[C@H](O)C[C@](O)(C[C@@H]1O)O2. The summed E-state index contributed by atoms with van der Waals surface area (Å²) in [7, 11) is 0. The molecule has 1 amide bonds. The summed E-state index contributed by atoms with van der Waals surface area (Å²) in [5.74, 6) is -5.44. The second-order valence-electron chi connectivity index (χ2n) is 19.4. The van der Waals surface area contributed by atoms with Gasteiger partial charge in [0.05, 0.1) is 85.5 Å². The Bertz CT molecular complexity index is 1770. The molecule has 0 radical (unpaired) electrons. The van der Waals surface area contributed by atoms with E-state index in [0.29, 0.717) is 19.5 Å². The van der Waals surface area contributed by atoms with Crippen molar-refractivity contribution < 1.29 is 79.6 Å². The lowest BCUT2D eigenvalue weighted by Gasteiger charge is -2.46. The molecule has 3 aliphatic rings. The molecule has 2 fully saturated rings. The Balaban J connectivity index is 1.94. The molecule has 71 heavy (non-hydrogen) atoms. The van der Waals surface area contributed by atoms with Crippen LogP contribution < -0.4 is 10.6 Å². The highest BCUT2D eigenvalue weighted by Crippen LogP contribution is 2.38. The van der Waals surface area contributed by atoms with Crippen LogP contribution in [0.5, 0.6) is 0 Å². The average Bonchev–Trinajstić information content (AvgIpc) is 3.30. The van der Waals surface area contributed by atoms with E-state index in [-0.39, 0.29) is 31.6 Å². The van der Waals surface area contributed by atoms with Crippen LogP contribution in [0.15, 0.2) is 85.1 Å². The Morgan fingerprint density at radius 1 is 0.662 bits per heavy atom. The lowest BCUT2D eigenvalue weighted by Crippen LogP contribution is -2.63. The van der Waals surface area contributed by atoms with Crippen LogP contribution in [0.1, 0.15) is 106 Å². The number of cyclic esters (lactones) is 1. The highest BCUT2D eigenvalue weighted by Gasteiger charge is 2.51. The molecule has 404 valence electrons. The number of nitrogens with one attached hydrogen (secondary N) is 2. The van der Waals surface area contributed by atoms with E-state index in [9.17, 15) is 60.7 Å². The third kappa shape index (κ3) is 21.5. The van der Waals surface area contributed by atoms with Gasteiger partial charge in [-0.05, 0) is 52.5 Å². The van der Waals surface area contributed by atoms with Crippen LogP contribution in [-0.4, -0.2) is 174 Å². The summed E-state index contributed by atoms with van der Waals surface area (Å²) in [6.07, 6.45) is 7.18. The second-order valence-corrected chi connectivity index (χ2v) is 19.4. The Labute approximate surface area is 420 Å². The van der Waals surface area contributed by atoms with Gasteiger partial charge >= 0.3 is 5.97 Å². The van der Waals surface area contributed by atoms with Crippen molar-refractivity contribution >= 4 is 11.9 Å². The Morgan fingerprint density at radius 2 is 1.25 bits per heavy atom. The molecular formula is C53H86N2O16. The molecule has 0 spiro atoms. The van der Waals surface area contributed by atoms with Crippen LogP contribution in [-0.2, 0) is 28.5 Å². The van der Waals surface area contributed by atoms with Gasteiger partial charge in [-0.15, -0.1) is 0 Å². The van der Waals surface area contributed by atoms with Crippen LogP contribution in [0.25, 0.3) is 0 Å². The van der Waals surface area contributed by atoms with Crippen molar-refractivity contribution in [2.24, 2.45) is 17.8 Å². The molecule has 12 N–H and O–H groups in total. The van der Waals surface area contributed by atoms with E-state index in [1.54, 1.807) is 51.2 Å². The molecule has 0 aromatic heterocycles. The minimum Gasteiger partial charge on any atom is -0.462 e. The molecule has 3 heterocycles. The lowest BCUT2D eigenvalue weighted by molar-refractivity contribution is -0.308. The molecule has 0 aromatic rings. The van der Waals surface area contributed by atoms with Crippen molar-refractivity contribution in [3.8, 4) is 0 Å². The van der Waals surface area contributed by atoms with E-state index in [0.717, 1.165) is 6.42 Å². The molecule has 18 nitrogen and oxygen atoms in total. The number of carbonyl (C=O) groups excluding carboxylic acids is 2. The molecular weight excluding hydrogens is 921 g/mol. The summed E-state index contributed by atoms with van der Waals surface area (Å²) in [6.45, 7) is 11.5. The van der Waals surface area contributed by atoms with Crippen LogP contribution in [0, 0.1) is 17.8 Å². The highest BCUT2D eigenvalue weighted by molar-refractivity contribution is 5.80. The number of rotatable bonds is 8. The molecule has 2 saturated heterocycles. The highest BCUT2D eigenvalue weighted by atomic mass is 16.7. The molecule has 19 atom stereocenters. The number of hydrogen-bond donors (Lipinski definition) is 12. The minimum absolute atomic E-state index is 0.0844. The zero-order valence-corrected chi connectivity index (χ0v) is 42.4. The maximum Gasteiger partial charge on any atom is 0.308 e. The van der Waals surface area contributed by atoms with Gasteiger partial charge in [-0.1, -0.05) is 113 Å². The summed E-state index contributed by atoms with van der Waals surface area (Å²) in [5.41, 5.74) is 0. The average molecular weight is 1010 g/mol. The standard InChI is InChI=1S/C53H86N2O16/c1-7-25-54-47-49(64)36(6)69-52(50(47)65)70-40-22-20-18-16-14-12-10-9-11-13-15-17-19-21-33(3)48(63)34(4)35(5)68-45(62)29-38(57)27-37(56)23-24-41(59)42(60)28-39(58)31-53(67)32-43(61)46(44(30-40)71-53)51(66)55-26-8-2/h9-22,33-44,46-50,52,54,56-61,63-65,67H,7-8,23-32H2,1-6H3,(H,55,66)/t33-,34-,35-,36+,37+,38+,39-,40-,41+,42+,43-,44-,46+,47-,48+,49+,50-,52-,53+/m0/s1. The minimum atomic E-state index is -2.24. The summed E-state index contributed by atoms with van der Waals surface area (Å²) in [5, 5.41) is 117. The van der Waals surface area contributed by atoms with E-state index in [1.165, 1.54) is 0 Å². The van der Waals surface area contributed by atoms with Crippen molar-refractivity contribution in [3.05, 3.63) is 85.1 Å². The molecule has 0 aliphatic carbocycles. The molecule has 3 rings (SSSR count). The van der Waals surface area contributed by atoms with Gasteiger partial charge in [0.1, 0.15) is 12.2 Å². The smallest absolute Gasteiger partial charge is 0.308 e. The topological polar surface area (TPSA) is 297 Å². The van der Waals surface area contributed by atoms with Gasteiger partial charge in [0.25, 0.3) is 0 Å². The van der Waals surface area contributed by atoms with E-state index in [2.05, 4.69) is 10.6 Å². The van der Waals surface area contributed by atoms with E-state index >= 15 is 0 Å². The van der Waals surface area contributed by atoms with Crippen LogP contribution >= 0.6 is 0 Å². The third-order valence-corrected chi connectivity index (χ3v) is 13.2. The number of amides is 1. The first kappa shape index (κ1) is 61.9. The number of fused-ring (bicyclic) bond motifs is 2. The summed E-state index contributed by atoms with van der Waals surface area (Å²) >= 11 is 0. The number of hydrogen-bond acceptors (Lipinski definition) is 17. The Morgan fingerprint density at radius 3 is 1.86 bits per heavy atom. The Kier molecular flexibility index (Phi) is 27.9. The molecule has 0 unspecified atom stereocenters. The van der Waals surface area contributed by atoms with Gasteiger partial charge < -0.3 is 80.6 Å². The van der Waals surface area contributed by atoms with E-state index in [4.69, 9.17) is 18.9 Å². The van der Waals surface area contributed by atoms with Gasteiger partial charge in [-0.25, -0.2) is 0 Å². The van der Waals surface area contributed by atoms with Crippen LogP contribution in [0.3, 0.4) is 0 Å². The fraction of sp³-hybridized carbons (Fsp3) is 0.698. The van der Waals surface area contributed by atoms with Crippen molar-refractivity contribution in [2.45, 2.75) is 203 Å². The summed E-state index contributed by atoms with van der Waals surface area (Å²) in [6, 6.07) is -0.800. The van der Waals surface area contributed by atoms with Gasteiger partial charge in [0.15, 0.2) is 12.1 Å². The largest absolute Gasteiger partial charge is 0.462 e. The number of esters is 1. The van der Waals surface area contributed by atoms with Crippen LogP contribution in [0.2, 0.25) is 0 Å². The van der Waals surface area contributed by atoms with Gasteiger partial charge in [-0.2, -0.15) is 0 Å². The van der Waals surface area contributed by atoms with Gasteiger partial charge in [-0.3, -0.25) is 9.59 Å². The molecule has 18 heteroatoms. The molecule has 0 saturated carbocycles. The zero-order chi connectivity index (χ0) is 52.7. The number of aliphatic hydroxyl groups excluding tert-OH is 9. The fourth-order valence-corrected chi connectivity index (χ4v) is 8.87. The van der Waals surface area contributed by atoms with E-state index in [1.807, 2.05) is 75.5 Å². The Hall–Kier alpha value is -3.44. The second kappa shape index (κ2) is 32.0. The number of ether oxygens (including phenoxy) is 4. The monoisotopic (exact) mass is 1010 g/mol. The number of carbonyl (C=O) groups is 2. The van der Waals surface area contributed by atoms with Gasteiger partial charge in [0, 0.05) is 44.1 Å². The fourth-order valence-electron chi connectivity index (χ4n) is 8.87. The van der Waals surface area contributed by atoms with Crippen molar-refractivity contribution in [3.63, 3.8) is 0 Å². The summed E-state index contributed by atoms with van der Waals surface area (Å²) in [4.78, 5) is 26.4. The first-order valence-corrected chi connectivity index (χ1v) is 25.4. The molecule has 0 aromatic carbocycles.